The minimum Gasteiger partial charge on any atom is -0.493 e. The third-order valence-corrected chi connectivity index (χ3v) is 7.63. The van der Waals surface area contributed by atoms with E-state index in [1.807, 2.05) is 0 Å². The van der Waals surface area contributed by atoms with Crippen molar-refractivity contribution in [3.63, 3.8) is 0 Å². The van der Waals surface area contributed by atoms with Crippen LogP contribution in [0.2, 0.25) is 0 Å². The first kappa shape index (κ1) is 29.8. The molecule has 0 amide bonds. The number of benzene rings is 1. The summed E-state index contributed by atoms with van der Waals surface area (Å²) in [5.74, 6) is -2.75. The van der Waals surface area contributed by atoms with Crippen molar-refractivity contribution in [3.8, 4) is 11.5 Å². The molecule has 13 nitrogen and oxygen atoms in total. The van der Waals surface area contributed by atoms with Crippen molar-refractivity contribution in [2.75, 3.05) is 20.8 Å². The van der Waals surface area contributed by atoms with Crippen LogP contribution in [0.1, 0.15) is 18.9 Å². The summed E-state index contributed by atoms with van der Waals surface area (Å²) < 4.78 is 33.1. The predicted octanol–water partition coefficient (Wildman–Crippen LogP) is 0.0423. The van der Waals surface area contributed by atoms with Gasteiger partial charge >= 0.3 is 11.9 Å². The molecule has 1 aromatic carbocycles. The standard InChI is InChI=1S/C27H34O13/c1-12-16(29)9-14-15(25(33)34)11-37-26(21(12)14)40-27-24(23(32)22(31)19(10-28)38-27)39-20(30)7-5-13-4-6-17(35-2)18(8-13)36-3/h4-8,11-12,14,16,19,21-24,26-29,31-32H,9-10H2,1-3H3,(H,33,34)/b7-5+/t12-,14+,16-,19+,21-,22+,23-,24+,26-,27-/m0/s1. The summed E-state index contributed by atoms with van der Waals surface area (Å²) in [5.41, 5.74) is 0.574. The first-order chi connectivity index (χ1) is 19.1. The Labute approximate surface area is 230 Å². The quantitative estimate of drug-likeness (QED) is 0.199. The number of carboxylic acid groups (broad SMARTS) is 1. The van der Waals surface area contributed by atoms with Crippen LogP contribution in [0.4, 0.5) is 0 Å². The average Bonchev–Trinajstić information content (AvgIpc) is 3.25. The average molecular weight is 567 g/mol. The molecule has 0 unspecified atom stereocenters. The molecule has 2 heterocycles. The molecule has 1 saturated carbocycles. The lowest BCUT2D eigenvalue weighted by molar-refractivity contribution is -0.343. The largest absolute Gasteiger partial charge is 0.493 e. The number of fused-ring (bicyclic) bond motifs is 1. The monoisotopic (exact) mass is 566 g/mol. The number of aliphatic hydroxyl groups excluding tert-OH is 4. The van der Waals surface area contributed by atoms with E-state index in [9.17, 15) is 35.1 Å². The third kappa shape index (κ3) is 5.94. The van der Waals surface area contributed by atoms with E-state index in [4.69, 9.17) is 28.4 Å². The van der Waals surface area contributed by atoms with Crippen LogP contribution in [-0.2, 0) is 28.5 Å². The summed E-state index contributed by atoms with van der Waals surface area (Å²) in [5, 5.41) is 50.8. The molecule has 0 radical (unpaired) electrons. The number of methoxy groups -OCH3 is 2. The van der Waals surface area contributed by atoms with E-state index < -0.39 is 79.4 Å². The van der Waals surface area contributed by atoms with Gasteiger partial charge in [0, 0.05) is 17.9 Å². The Kier molecular flexibility index (Phi) is 9.33. The number of esters is 1. The van der Waals surface area contributed by atoms with Gasteiger partial charge in [-0.15, -0.1) is 0 Å². The number of aliphatic hydroxyl groups is 4. The maximum Gasteiger partial charge on any atom is 0.334 e. The SMILES string of the molecule is COc1ccc(/C=C/C(=O)O[C@H]2[C@H](O[C@@H]3OC=C(C(=O)O)[C@H]4C[C@H](O)[C@H](C)[C@H]34)O[C@H](CO)[C@@H](O)[C@@H]2O)cc1OC. The van der Waals surface area contributed by atoms with Crippen molar-refractivity contribution in [1.82, 2.24) is 0 Å². The lowest BCUT2D eigenvalue weighted by Gasteiger charge is -2.44. The van der Waals surface area contributed by atoms with Crippen LogP contribution < -0.4 is 9.47 Å². The molecule has 220 valence electrons. The number of carbonyl (C=O) groups is 2. The molecular formula is C27H34O13. The van der Waals surface area contributed by atoms with Gasteiger partial charge in [0.15, 0.2) is 17.6 Å². The Morgan fingerprint density at radius 3 is 2.45 bits per heavy atom. The normalized spacial score (nSPS) is 35.4. The number of ether oxygens (including phenoxy) is 6. The highest BCUT2D eigenvalue weighted by Gasteiger charge is 2.54. The highest BCUT2D eigenvalue weighted by Crippen LogP contribution is 2.47. The van der Waals surface area contributed by atoms with Gasteiger partial charge in [0.2, 0.25) is 12.6 Å². The zero-order valence-electron chi connectivity index (χ0n) is 22.2. The molecule has 5 N–H and O–H groups in total. The molecule has 40 heavy (non-hydrogen) atoms. The van der Waals surface area contributed by atoms with Crippen LogP contribution in [0, 0.1) is 17.8 Å². The van der Waals surface area contributed by atoms with Crippen molar-refractivity contribution < 1.29 is 63.5 Å². The van der Waals surface area contributed by atoms with Crippen LogP contribution in [0.25, 0.3) is 6.08 Å². The highest BCUT2D eigenvalue weighted by molar-refractivity contribution is 5.87. The first-order valence-corrected chi connectivity index (χ1v) is 12.7. The van der Waals surface area contributed by atoms with E-state index in [1.54, 1.807) is 25.1 Å². The van der Waals surface area contributed by atoms with Gasteiger partial charge in [0.25, 0.3) is 0 Å². The van der Waals surface area contributed by atoms with Crippen LogP contribution in [0.15, 0.2) is 36.1 Å². The number of carboxylic acids is 1. The van der Waals surface area contributed by atoms with E-state index >= 15 is 0 Å². The van der Waals surface area contributed by atoms with Gasteiger partial charge < -0.3 is 54.0 Å². The number of rotatable bonds is 9. The van der Waals surface area contributed by atoms with E-state index in [1.165, 1.54) is 20.3 Å². The summed E-state index contributed by atoms with van der Waals surface area (Å²) in [7, 11) is 2.96. The molecule has 2 aliphatic heterocycles. The van der Waals surface area contributed by atoms with Gasteiger partial charge in [-0.2, -0.15) is 0 Å². The second-order valence-corrected chi connectivity index (χ2v) is 9.92. The van der Waals surface area contributed by atoms with Gasteiger partial charge in [0.05, 0.1) is 38.8 Å². The molecular weight excluding hydrogens is 532 g/mol. The second kappa shape index (κ2) is 12.5. The van der Waals surface area contributed by atoms with E-state index in [0.29, 0.717) is 17.1 Å². The molecule has 13 heteroatoms. The smallest absolute Gasteiger partial charge is 0.334 e. The molecule has 4 rings (SSSR count). The maximum absolute atomic E-state index is 12.7. The topological polar surface area (TPSA) is 191 Å². The Bertz CT molecular complexity index is 1130. The Balaban J connectivity index is 1.53. The van der Waals surface area contributed by atoms with Crippen molar-refractivity contribution in [1.29, 1.82) is 0 Å². The summed E-state index contributed by atoms with van der Waals surface area (Å²) in [6.45, 7) is 1.06. The Morgan fingerprint density at radius 1 is 1.07 bits per heavy atom. The highest BCUT2D eigenvalue weighted by atomic mass is 16.8. The van der Waals surface area contributed by atoms with Crippen LogP contribution >= 0.6 is 0 Å². The fraction of sp³-hybridized carbons (Fsp3) is 0.556. The molecule has 0 bridgehead atoms. The van der Waals surface area contributed by atoms with Gasteiger partial charge in [-0.3, -0.25) is 0 Å². The molecule has 10 atom stereocenters. The van der Waals surface area contributed by atoms with Gasteiger partial charge in [-0.1, -0.05) is 13.0 Å². The molecule has 1 aliphatic carbocycles. The Morgan fingerprint density at radius 2 is 1.80 bits per heavy atom. The van der Waals surface area contributed by atoms with Crippen LogP contribution in [0.3, 0.4) is 0 Å². The fourth-order valence-electron chi connectivity index (χ4n) is 5.39. The van der Waals surface area contributed by atoms with Crippen LogP contribution in [-0.4, -0.2) is 101 Å². The van der Waals surface area contributed by atoms with Crippen molar-refractivity contribution in [2.45, 2.75) is 56.4 Å². The maximum atomic E-state index is 12.7. The summed E-state index contributed by atoms with van der Waals surface area (Å²) >= 11 is 0. The van der Waals surface area contributed by atoms with E-state index in [2.05, 4.69) is 0 Å². The Hall–Kier alpha value is -3.20. The molecule has 1 aromatic rings. The summed E-state index contributed by atoms with van der Waals surface area (Å²) in [4.78, 5) is 24.5. The molecule has 1 saturated heterocycles. The molecule has 0 aromatic heterocycles. The predicted molar refractivity (Wildman–Crippen MR) is 135 cm³/mol. The number of aliphatic carboxylic acids is 1. The first-order valence-electron chi connectivity index (χ1n) is 12.7. The zero-order valence-corrected chi connectivity index (χ0v) is 22.2. The van der Waals surface area contributed by atoms with E-state index in [-0.39, 0.29) is 12.0 Å². The van der Waals surface area contributed by atoms with E-state index in [0.717, 1.165) is 12.3 Å². The molecule has 0 spiro atoms. The number of carbonyl (C=O) groups excluding carboxylic acids is 1. The minimum absolute atomic E-state index is 0.00946. The van der Waals surface area contributed by atoms with Gasteiger partial charge in [-0.25, -0.2) is 9.59 Å². The van der Waals surface area contributed by atoms with Crippen molar-refractivity contribution in [2.24, 2.45) is 17.8 Å². The lowest BCUT2D eigenvalue weighted by Crippen LogP contribution is -2.61. The molecule has 3 aliphatic rings. The summed E-state index contributed by atoms with van der Waals surface area (Å²) in [6, 6.07) is 4.97. The van der Waals surface area contributed by atoms with Gasteiger partial charge in [0.1, 0.15) is 18.3 Å². The third-order valence-electron chi connectivity index (χ3n) is 7.63. The summed E-state index contributed by atoms with van der Waals surface area (Å²) in [6.07, 6.45) is -5.83. The number of hydrogen-bond acceptors (Lipinski definition) is 12. The minimum atomic E-state index is -1.70. The van der Waals surface area contributed by atoms with Crippen LogP contribution in [0.5, 0.6) is 11.5 Å². The second-order valence-electron chi connectivity index (χ2n) is 9.92. The van der Waals surface area contributed by atoms with Gasteiger partial charge in [-0.05, 0) is 36.1 Å². The number of hydrogen-bond donors (Lipinski definition) is 5. The fourth-order valence-corrected chi connectivity index (χ4v) is 5.39. The lowest BCUT2D eigenvalue weighted by atomic mass is 9.83. The van der Waals surface area contributed by atoms with Crippen molar-refractivity contribution >= 4 is 18.0 Å². The zero-order chi connectivity index (χ0) is 29.1. The molecule has 2 fully saturated rings. The van der Waals surface area contributed by atoms with Crippen molar-refractivity contribution in [3.05, 3.63) is 41.7 Å².